The molecule has 3 aromatic carbocycles. The molecule has 200 valence electrons. The lowest BCUT2D eigenvalue weighted by molar-refractivity contribution is -0.118. The fourth-order valence-corrected chi connectivity index (χ4v) is 5.82. The highest BCUT2D eigenvalue weighted by molar-refractivity contribution is 9.10. The van der Waals surface area contributed by atoms with E-state index in [2.05, 4.69) is 26.3 Å². The van der Waals surface area contributed by atoms with E-state index in [1.165, 1.54) is 11.1 Å². The van der Waals surface area contributed by atoms with Crippen LogP contribution in [0.2, 0.25) is 5.02 Å². The Balaban J connectivity index is 1.38. The van der Waals surface area contributed by atoms with Gasteiger partial charge in [-0.25, -0.2) is 4.98 Å². The van der Waals surface area contributed by atoms with Crippen molar-refractivity contribution in [2.45, 2.75) is 44.9 Å². The highest BCUT2D eigenvalue weighted by Crippen LogP contribution is 2.35. The zero-order chi connectivity index (χ0) is 27.4. The van der Waals surface area contributed by atoms with Gasteiger partial charge in [-0.15, -0.1) is 0 Å². The molecule has 1 aromatic heterocycles. The molecular formula is C30H28BrClN4O3. The van der Waals surface area contributed by atoms with Gasteiger partial charge >= 0.3 is 0 Å². The molecule has 1 amide bonds. The molecule has 0 unspecified atom stereocenters. The van der Waals surface area contributed by atoms with Gasteiger partial charge in [0.15, 0.2) is 12.4 Å². The molecule has 0 spiro atoms. The second-order valence-corrected chi connectivity index (χ2v) is 10.9. The Morgan fingerprint density at radius 3 is 2.67 bits per heavy atom. The zero-order valence-electron chi connectivity index (χ0n) is 21.5. The first kappa shape index (κ1) is 27.1. The Hall–Kier alpha value is -3.49. The van der Waals surface area contributed by atoms with Gasteiger partial charge in [0, 0.05) is 11.6 Å². The number of hydrogen-bond acceptors (Lipinski definition) is 5. The standard InChI is InChI=1S/C30H28BrClN4O3/c1-19-9-5-7-13-25(19)34-27(37)18-39-28-23(31)15-20(16-24(28)32)17-33-36-29(21-10-3-2-4-11-21)35-26-14-8-6-12-22(26)30(36)38/h5-9,12-17,21H,2-4,10-11,18H2,1H3,(H,34,37). The van der Waals surface area contributed by atoms with E-state index in [1.54, 1.807) is 24.4 Å². The van der Waals surface area contributed by atoms with Gasteiger partial charge in [0.2, 0.25) is 0 Å². The number of benzene rings is 3. The van der Waals surface area contributed by atoms with E-state index in [0.29, 0.717) is 37.5 Å². The lowest BCUT2D eigenvalue weighted by Crippen LogP contribution is -2.25. The predicted octanol–water partition coefficient (Wildman–Crippen LogP) is 7.07. The molecule has 0 atom stereocenters. The first-order chi connectivity index (χ1) is 18.9. The van der Waals surface area contributed by atoms with Gasteiger partial charge < -0.3 is 10.1 Å². The largest absolute Gasteiger partial charge is 0.481 e. The van der Waals surface area contributed by atoms with Crippen molar-refractivity contribution in [3.05, 3.63) is 97.5 Å². The molecule has 0 saturated heterocycles. The topological polar surface area (TPSA) is 85.6 Å². The number of aryl methyl sites for hydroxylation is 1. The summed E-state index contributed by atoms with van der Waals surface area (Å²) >= 11 is 10.0. The molecule has 1 aliphatic rings. The summed E-state index contributed by atoms with van der Waals surface area (Å²) in [6, 6.07) is 18.4. The number of nitrogens with zero attached hydrogens (tertiary/aromatic N) is 3. The number of nitrogens with one attached hydrogen (secondary N) is 1. The van der Waals surface area contributed by atoms with Crippen LogP contribution in [0.25, 0.3) is 10.9 Å². The zero-order valence-corrected chi connectivity index (χ0v) is 23.8. The summed E-state index contributed by atoms with van der Waals surface area (Å²) in [5, 5.41) is 8.25. The van der Waals surface area contributed by atoms with Crippen LogP contribution < -0.4 is 15.6 Å². The fourth-order valence-electron chi connectivity index (χ4n) is 4.83. The Kier molecular flexibility index (Phi) is 8.43. The summed E-state index contributed by atoms with van der Waals surface area (Å²) in [6.45, 7) is 1.72. The maximum Gasteiger partial charge on any atom is 0.282 e. The van der Waals surface area contributed by atoms with Crippen LogP contribution in [0.4, 0.5) is 5.69 Å². The van der Waals surface area contributed by atoms with E-state index in [4.69, 9.17) is 21.3 Å². The van der Waals surface area contributed by atoms with Gasteiger partial charge in [-0.3, -0.25) is 9.59 Å². The van der Waals surface area contributed by atoms with Gasteiger partial charge in [0.1, 0.15) is 5.82 Å². The number of halogens is 2. The Labute approximate surface area is 240 Å². The number of rotatable bonds is 7. The summed E-state index contributed by atoms with van der Waals surface area (Å²) in [7, 11) is 0. The molecule has 1 aliphatic carbocycles. The van der Waals surface area contributed by atoms with Gasteiger partial charge in [-0.1, -0.05) is 61.2 Å². The number of anilines is 1. The average Bonchev–Trinajstić information content (AvgIpc) is 2.94. The van der Waals surface area contributed by atoms with E-state index in [9.17, 15) is 9.59 Å². The third-order valence-corrected chi connectivity index (χ3v) is 7.73. The number of amides is 1. The van der Waals surface area contributed by atoms with Gasteiger partial charge in [0.25, 0.3) is 11.5 Å². The molecule has 0 radical (unpaired) electrons. The summed E-state index contributed by atoms with van der Waals surface area (Å²) in [5.41, 5.74) is 2.85. The van der Waals surface area contributed by atoms with Gasteiger partial charge in [-0.2, -0.15) is 9.78 Å². The van der Waals surface area contributed by atoms with Crippen molar-refractivity contribution in [2.75, 3.05) is 11.9 Å². The molecular weight excluding hydrogens is 580 g/mol. The van der Waals surface area contributed by atoms with Crippen molar-refractivity contribution in [1.29, 1.82) is 0 Å². The minimum Gasteiger partial charge on any atom is -0.481 e. The van der Waals surface area contributed by atoms with E-state index in [-0.39, 0.29) is 24.0 Å². The van der Waals surface area contributed by atoms with Crippen LogP contribution in [0.1, 0.15) is 55.0 Å². The molecule has 1 heterocycles. The second-order valence-electron chi connectivity index (χ2n) is 9.65. The molecule has 9 heteroatoms. The van der Waals surface area contributed by atoms with Crippen LogP contribution in [0, 0.1) is 6.92 Å². The molecule has 1 fully saturated rings. The lowest BCUT2D eigenvalue weighted by atomic mass is 9.88. The summed E-state index contributed by atoms with van der Waals surface area (Å²) < 4.78 is 7.72. The van der Waals surface area contributed by atoms with Crippen molar-refractivity contribution in [1.82, 2.24) is 9.66 Å². The minimum absolute atomic E-state index is 0.185. The number of para-hydroxylation sites is 2. The third kappa shape index (κ3) is 6.23. The van der Waals surface area contributed by atoms with Gasteiger partial charge in [-0.05, 0) is 77.2 Å². The van der Waals surface area contributed by atoms with E-state index < -0.39 is 0 Å². The average molecular weight is 608 g/mol. The highest BCUT2D eigenvalue weighted by atomic mass is 79.9. The first-order valence-electron chi connectivity index (χ1n) is 12.9. The van der Waals surface area contributed by atoms with E-state index in [1.807, 2.05) is 49.4 Å². The molecule has 0 aliphatic heterocycles. The number of carbonyl (C=O) groups is 1. The van der Waals surface area contributed by atoms with Crippen LogP contribution in [-0.4, -0.2) is 28.4 Å². The molecule has 39 heavy (non-hydrogen) atoms. The lowest BCUT2D eigenvalue weighted by Gasteiger charge is -2.22. The summed E-state index contributed by atoms with van der Waals surface area (Å²) in [4.78, 5) is 30.7. The van der Waals surface area contributed by atoms with Crippen molar-refractivity contribution in [3.8, 4) is 5.75 Å². The van der Waals surface area contributed by atoms with Crippen molar-refractivity contribution in [3.63, 3.8) is 0 Å². The Morgan fingerprint density at radius 1 is 1.15 bits per heavy atom. The van der Waals surface area contributed by atoms with Crippen LogP contribution in [-0.2, 0) is 4.79 Å². The number of carbonyl (C=O) groups excluding carboxylic acids is 1. The Bertz CT molecular complexity index is 1590. The molecule has 7 nitrogen and oxygen atoms in total. The van der Waals surface area contributed by atoms with Crippen LogP contribution in [0.15, 0.2) is 75.0 Å². The Morgan fingerprint density at radius 2 is 1.90 bits per heavy atom. The maximum atomic E-state index is 13.4. The monoisotopic (exact) mass is 606 g/mol. The van der Waals surface area contributed by atoms with Crippen molar-refractivity contribution < 1.29 is 9.53 Å². The maximum absolute atomic E-state index is 13.4. The second kappa shape index (κ2) is 12.1. The minimum atomic E-state index is -0.295. The van der Waals surface area contributed by atoms with Crippen molar-refractivity contribution in [2.24, 2.45) is 5.10 Å². The number of fused-ring (bicyclic) bond motifs is 1. The summed E-state index contributed by atoms with van der Waals surface area (Å²) in [5.74, 6) is 0.932. The third-order valence-electron chi connectivity index (χ3n) is 6.86. The highest BCUT2D eigenvalue weighted by Gasteiger charge is 2.22. The van der Waals surface area contributed by atoms with Crippen molar-refractivity contribution >= 4 is 56.2 Å². The smallest absolute Gasteiger partial charge is 0.282 e. The molecule has 0 bridgehead atoms. The fraction of sp³-hybridized carbons (Fsp3) is 0.267. The van der Waals surface area contributed by atoms with Crippen LogP contribution >= 0.6 is 27.5 Å². The molecule has 5 rings (SSSR count). The van der Waals surface area contributed by atoms with E-state index >= 15 is 0 Å². The predicted molar refractivity (Wildman–Crippen MR) is 159 cm³/mol. The van der Waals surface area contributed by atoms with Crippen LogP contribution in [0.3, 0.4) is 0 Å². The quantitative estimate of drug-likeness (QED) is 0.228. The molecule has 1 saturated carbocycles. The SMILES string of the molecule is Cc1ccccc1NC(=O)COc1c(Cl)cc(C=Nn2c(C3CCCCC3)nc3ccccc3c2=O)cc1Br. The van der Waals surface area contributed by atoms with Gasteiger partial charge in [0.05, 0.1) is 26.6 Å². The first-order valence-corrected chi connectivity index (χ1v) is 14.1. The number of aromatic nitrogens is 2. The number of ether oxygens (including phenoxy) is 1. The van der Waals surface area contributed by atoms with Crippen LogP contribution in [0.5, 0.6) is 5.75 Å². The summed E-state index contributed by atoms with van der Waals surface area (Å²) in [6.07, 6.45) is 7.00. The van der Waals surface area contributed by atoms with E-state index in [0.717, 1.165) is 36.9 Å². The molecule has 1 N–H and O–H groups in total. The number of hydrogen-bond donors (Lipinski definition) is 1. The normalized spacial score (nSPS) is 14.1. The molecule has 4 aromatic rings.